The highest BCUT2D eigenvalue weighted by molar-refractivity contribution is 9.10. The molecule has 0 aromatic heterocycles. The normalized spacial score (nSPS) is 20.0. The first-order valence-electron chi connectivity index (χ1n) is 7.08. The fraction of sp³-hybridized carbons (Fsp3) is 0.0588. The van der Waals surface area contributed by atoms with Crippen LogP contribution in [0.5, 0.6) is 0 Å². The van der Waals surface area contributed by atoms with Crippen LogP contribution < -0.4 is 10.2 Å². The van der Waals surface area contributed by atoms with Crippen molar-refractivity contribution >= 4 is 50.8 Å². The molecule has 4 rings (SSSR count). The Morgan fingerprint density at radius 3 is 2.65 bits per heavy atom. The Bertz CT molecular complexity index is 851. The van der Waals surface area contributed by atoms with E-state index in [0.29, 0.717) is 5.69 Å². The Hall–Kier alpha value is -2.05. The van der Waals surface area contributed by atoms with Crippen LogP contribution in [-0.4, -0.2) is 11.7 Å². The summed E-state index contributed by atoms with van der Waals surface area (Å²) in [4.78, 5) is 15.1. The lowest BCUT2D eigenvalue weighted by molar-refractivity contribution is -0.116. The van der Waals surface area contributed by atoms with Gasteiger partial charge in [0.25, 0.3) is 0 Å². The number of hydrogen-bond donors (Lipinski definition) is 2. The average molecular weight is 386 g/mol. The predicted octanol–water partition coefficient (Wildman–Crippen LogP) is 4.59. The van der Waals surface area contributed by atoms with Crippen molar-refractivity contribution in [1.82, 2.24) is 0 Å². The standard InChI is InChI=1S/C17H12BrN3OS/c18-11-5-1-3-7-13(11)21-15(22)9-10(16(21)19)17-20-12-6-2-4-8-14(12)23-17/h1-8,19-20H,9H2. The number of nitrogens with one attached hydrogen (secondary N) is 2. The maximum absolute atomic E-state index is 12.5. The minimum atomic E-state index is -0.0808. The van der Waals surface area contributed by atoms with Crippen molar-refractivity contribution in [1.29, 1.82) is 5.41 Å². The molecule has 0 aliphatic carbocycles. The molecule has 0 bridgehead atoms. The highest BCUT2D eigenvalue weighted by Gasteiger charge is 2.36. The van der Waals surface area contributed by atoms with Crippen molar-refractivity contribution in [2.45, 2.75) is 11.3 Å². The molecule has 1 saturated heterocycles. The van der Waals surface area contributed by atoms with E-state index in [1.54, 1.807) is 11.8 Å². The molecule has 0 spiro atoms. The van der Waals surface area contributed by atoms with Gasteiger partial charge in [0.2, 0.25) is 5.91 Å². The van der Waals surface area contributed by atoms with E-state index >= 15 is 0 Å². The van der Waals surface area contributed by atoms with E-state index in [4.69, 9.17) is 5.41 Å². The van der Waals surface area contributed by atoms with E-state index in [0.717, 1.165) is 25.7 Å². The van der Waals surface area contributed by atoms with Crippen LogP contribution in [-0.2, 0) is 4.79 Å². The molecule has 1 amide bonds. The first kappa shape index (κ1) is 14.5. The van der Waals surface area contributed by atoms with Gasteiger partial charge in [-0.25, -0.2) is 0 Å². The fourth-order valence-electron chi connectivity index (χ4n) is 2.70. The van der Waals surface area contributed by atoms with Crippen LogP contribution in [0.15, 0.2) is 68.5 Å². The van der Waals surface area contributed by atoms with Crippen molar-refractivity contribution in [3.05, 3.63) is 63.6 Å². The second-order valence-corrected chi connectivity index (χ2v) is 7.14. The van der Waals surface area contributed by atoms with Crippen molar-refractivity contribution < 1.29 is 4.79 Å². The monoisotopic (exact) mass is 385 g/mol. The van der Waals surface area contributed by atoms with Gasteiger partial charge in [0.15, 0.2) is 0 Å². The molecular weight excluding hydrogens is 374 g/mol. The summed E-state index contributed by atoms with van der Waals surface area (Å²) in [6.07, 6.45) is 0.240. The number of rotatable bonds is 1. The second-order valence-electron chi connectivity index (χ2n) is 5.24. The number of carbonyl (C=O) groups excluding carboxylic acids is 1. The van der Waals surface area contributed by atoms with Crippen LogP contribution in [0.2, 0.25) is 0 Å². The number of benzene rings is 2. The number of halogens is 1. The molecule has 2 aromatic carbocycles. The summed E-state index contributed by atoms with van der Waals surface area (Å²) in [5.74, 6) is 0.160. The highest BCUT2D eigenvalue weighted by atomic mass is 79.9. The van der Waals surface area contributed by atoms with E-state index in [2.05, 4.69) is 21.2 Å². The third-order valence-corrected chi connectivity index (χ3v) is 5.60. The topological polar surface area (TPSA) is 56.2 Å². The van der Waals surface area contributed by atoms with Crippen LogP contribution in [0, 0.1) is 5.41 Å². The van der Waals surface area contributed by atoms with E-state index in [1.165, 1.54) is 4.90 Å². The Balaban J connectivity index is 1.72. The molecule has 0 atom stereocenters. The van der Waals surface area contributed by atoms with Crippen molar-refractivity contribution in [2.24, 2.45) is 0 Å². The quantitative estimate of drug-likeness (QED) is 0.754. The van der Waals surface area contributed by atoms with Crippen LogP contribution in [0.25, 0.3) is 0 Å². The average Bonchev–Trinajstić information content (AvgIpc) is 3.09. The van der Waals surface area contributed by atoms with Crippen LogP contribution in [0.4, 0.5) is 11.4 Å². The molecule has 0 radical (unpaired) electrons. The third-order valence-electron chi connectivity index (χ3n) is 3.80. The predicted molar refractivity (Wildman–Crippen MR) is 96.9 cm³/mol. The number of amides is 1. The van der Waals surface area contributed by atoms with Gasteiger partial charge < -0.3 is 5.32 Å². The Morgan fingerprint density at radius 2 is 1.87 bits per heavy atom. The number of nitrogens with zero attached hydrogens (tertiary/aromatic N) is 1. The van der Waals surface area contributed by atoms with Crippen LogP contribution in [0.1, 0.15) is 6.42 Å². The Kier molecular flexibility index (Phi) is 3.50. The third kappa shape index (κ3) is 2.38. The molecule has 1 fully saturated rings. The molecule has 2 N–H and O–H groups in total. The molecule has 2 aromatic rings. The summed E-state index contributed by atoms with van der Waals surface area (Å²) < 4.78 is 0.805. The van der Waals surface area contributed by atoms with Gasteiger partial charge in [0, 0.05) is 14.9 Å². The lowest BCUT2D eigenvalue weighted by Gasteiger charge is -2.17. The summed E-state index contributed by atoms with van der Waals surface area (Å²) in [6.45, 7) is 0. The summed E-state index contributed by atoms with van der Waals surface area (Å²) in [5, 5.41) is 12.7. The number of carbonyl (C=O) groups is 1. The summed E-state index contributed by atoms with van der Waals surface area (Å²) in [5.41, 5.74) is 2.48. The molecule has 4 nitrogen and oxygen atoms in total. The van der Waals surface area contributed by atoms with Crippen molar-refractivity contribution in [3.63, 3.8) is 0 Å². The SMILES string of the molecule is N=C1C(=C2Nc3ccccc3S2)CC(=O)N1c1ccccc1Br. The summed E-state index contributed by atoms with van der Waals surface area (Å²) >= 11 is 5.04. The molecule has 2 aliphatic rings. The zero-order valence-electron chi connectivity index (χ0n) is 12.0. The molecule has 0 unspecified atom stereocenters. The second kappa shape index (κ2) is 5.54. The number of fused-ring (bicyclic) bond motifs is 1. The number of amidine groups is 1. The smallest absolute Gasteiger partial charge is 0.237 e. The van der Waals surface area contributed by atoms with Gasteiger partial charge in [-0.3, -0.25) is 15.1 Å². The lowest BCUT2D eigenvalue weighted by Crippen LogP contribution is -2.29. The lowest BCUT2D eigenvalue weighted by atomic mass is 10.2. The Labute approximate surface area is 146 Å². The van der Waals surface area contributed by atoms with Gasteiger partial charge in [0.1, 0.15) is 5.84 Å². The van der Waals surface area contributed by atoms with Gasteiger partial charge in [-0.05, 0) is 40.2 Å². The maximum Gasteiger partial charge on any atom is 0.237 e. The minimum absolute atomic E-state index is 0.0808. The number of thioether (sulfide) groups is 1. The zero-order chi connectivity index (χ0) is 16.0. The van der Waals surface area contributed by atoms with E-state index in [-0.39, 0.29) is 18.2 Å². The molecule has 2 aliphatic heterocycles. The van der Waals surface area contributed by atoms with Crippen molar-refractivity contribution in [3.8, 4) is 0 Å². The van der Waals surface area contributed by atoms with E-state index in [9.17, 15) is 4.79 Å². The van der Waals surface area contributed by atoms with Crippen LogP contribution >= 0.6 is 27.7 Å². The number of para-hydroxylation sites is 2. The molecule has 6 heteroatoms. The first-order valence-corrected chi connectivity index (χ1v) is 8.69. The van der Waals surface area contributed by atoms with Gasteiger partial charge in [-0.1, -0.05) is 36.0 Å². The zero-order valence-corrected chi connectivity index (χ0v) is 14.4. The fourth-order valence-corrected chi connectivity index (χ4v) is 4.21. The first-order chi connectivity index (χ1) is 11.1. The largest absolute Gasteiger partial charge is 0.349 e. The Morgan fingerprint density at radius 1 is 1.13 bits per heavy atom. The summed E-state index contributed by atoms with van der Waals surface area (Å²) in [6, 6.07) is 15.5. The van der Waals surface area contributed by atoms with E-state index in [1.807, 2.05) is 48.5 Å². The van der Waals surface area contributed by atoms with Gasteiger partial charge in [0.05, 0.1) is 22.8 Å². The maximum atomic E-state index is 12.5. The van der Waals surface area contributed by atoms with E-state index < -0.39 is 0 Å². The van der Waals surface area contributed by atoms with Gasteiger partial charge >= 0.3 is 0 Å². The van der Waals surface area contributed by atoms with Gasteiger partial charge in [-0.15, -0.1) is 0 Å². The molecule has 114 valence electrons. The molecule has 2 heterocycles. The molecular formula is C17H12BrN3OS. The number of hydrogen-bond acceptors (Lipinski definition) is 4. The van der Waals surface area contributed by atoms with Crippen molar-refractivity contribution in [2.75, 3.05) is 10.2 Å². The van der Waals surface area contributed by atoms with Crippen LogP contribution in [0.3, 0.4) is 0 Å². The highest BCUT2D eigenvalue weighted by Crippen LogP contribution is 2.44. The molecule has 23 heavy (non-hydrogen) atoms. The molecule has 0 saturated carbocycles. The summed E-state index contributed by atoms with van der Waals surface area (Å²) in [7, 11) is 0. The van der Waals surface area contributed by atoms with Gasteiger partial charge in [-0.2, -0.15) is 0 Å². The minimum Gasteiger partial charge on any atom is -0.349 e. The number of anilines is 2.